The predicted molar refractivity (Wildman–Crippen MR) is 86.2 cm³/mol. The SMILES string of the molecule is CCN(CC)C(=O)C(C)NC1=NCC2(CCCC2)CS1. The molecule has 2 rings (SSSR count). The third-order valence-corrected chi connectivity index (χ3v) is 5.80. The number of rotatable bonds is 4. The molecule has 114 valence electrons. The van der Waals surface area contributed by atoms with E-state index in [4.69, 9.17) is 4.99 Å². The van der Waals surface area contributed by atoms with Gasteiger partial charge in [-0.1, -0.05) is 24.6 Å². The molecular weight excluding hydrogens is 270 g/mol. The first-order chi connectivity index (χ1) is 9.60. The van der Waals surface area contributed by atoms with Crippen LogP contribution in [0.4, 0.5) is 0 Å². The number of thioether (sulfide) groups is 1. The largest absolute Gasteiger partial charge is 0.353 e. The van der Waals surface area contributed by atoms with E-state index in [1.807, 2.05) is 25.7 Å². The molecule has 1 atom stereocenters. The van der Waals surface area contributed by atoms with Gasteiger partial charge in [-0.15, -0.1) is 0 Å². The van der Waals surface area contributed by atoms with E-state index < -0.39 is 0 Å². The zero-order chi connectivity index (χ0) is 14.6. The number of carbonyl (C=O) groups is 1. The molecule has 0 bridgehead atoms. The van der Waals surface area contributed by atoms with Gasteiger partial charge in [0.2, 0.25) is 5.91 Å². The van der Waals surface area contributed by atoms with Crippen LogP contribution in [0.5, 0.6) is 0 Å². The summed E-state index contributed by atoms with van der Waals surface area (Å²) in [6.45, 7) is 8.45. The fraction of sp³-hybridized carbons (Fsp3) is 0.867. The molecule has 0 aromatic rings. The lowest BCUT2D eigenvalue weighted by atomic mass is 9.89. The van der Waals surface area contributed by atoms with E-state index in [1.54, 1.807) is 11.8 Å². The molecule has 1 aliphatic carbocycles. The van der Waals surface area contributed by atoms with E-state index in [9.17, 15) is 4.79 Å². The van der Waals surface area contributed by atoms with Gasteiger partial charge < -0.3 is 10.2 Å². The standard InChI is InChI=1S/C15H27N3OS/c1-4-18(5-2)13(19)12(3)17-14-16-10-15(11-20-14)8-6-7-9-15/h12H,4-11H2,1-3H3,(H,16,17). The number of nitrogens with zero attached hydrogens (tertiary/aromatic N) is 2. The van der Waals surface area contributed by atoms with Crippen LogP contribution in [0.1, 0.15) is 46.5 Å². The Morgan fingerprint density at radius 3 is 2.55 bits per heavy atom. The van der Waals surface area contributed by atoms with Gasteiger partial charge in [-0.25, -0.2) is 0 Å². The topological polar surface area (TPSA) is 44.7 Å². The molecule has 2 aliphatic rings. The van der Waals surface area contributed by atoms with Crippen LogP contribution in [0.25, 0.3) is 0 Å². The summed E-state index contributed by atoms with van der Waals surface area (Å²) in [6.07, 6.45) is 5.36. The van der Waals surface area contributed by atoms with Crippen molar-refractivity contribution in [3.05, 3.63) is 0 Å². The van der Waals surface area contributed by atoms with Crippen LogP contribution >= 0.6 is 11.8 Å². The van der Waals surface area contributed by atoms with Gasteiger partial charge in [0.15, 0.2) is 5.17 Å². The van der Waals surface area contributed by atoms with Gasteiger partial charge in [0.05, 0.1) is 0 Å². The molecule has 20 heavy (non-hydrogen) atoms. The number of hydrogen-bond donors (Lipinski definition) is 1. The van der Waals surface area contributed by atoms with Gasteiger partial charge in [0.1, 0.15) is 6.04 Å². The molecule has 0 radical (unpaired) electrons. The first-order valence-electron chi connectivity index (χ1n) is 7.83. The van der Waals surface area contributed by atoms with E-state index in [0.29, 0.717) is 5.41 Å². The molecule has 1 amide bonds. The third-order valence-electron chi connectivity index (χ3n) is 4.52. The molecule has 1 unspecified atom stereocenters. The van der Waals surface area contributed by atoms with Crippen molar-refractivity contribution < 1.29 is 4.79 Å². The molecule has 4 nitrogen and oxygen atoms in total. The van der Waals surface area contributed by atoms with Gasteiger partial charge >= 0.3 is 0 Å². The summed E-state index contributed by atoms with van der Waals surface area (Å²) in [5.74, 6) is 1.32. The highest BCUT2D eigenvalue weighted by atomic mass is 32.2. The third kappa shape index (κ3) is 3.48. The molecule has 0 aromatic carbocycles. The first-order valence-corrected chi connectivity index (χ1v) is 8.81. The van der Waals surface area contributed by atoms with Crippen molar-refractivity contribution in [3.63, 3.8) is 0 Å². The molecule has 1 aliphatic heterocycles. The number of carbonyl (C=O) groups excluding carboxylic acids is 1. The average Bonchev–Trinajstić information content (AvgIpc) is 2.91. The van der Waals surface area contributed by atoms with E-state index in [-0.39, 0.29) is 11.9 Å². The van der Waals surface area contributed by atoms with Crippen molar-refractivity contribution >= 4 is 22.8 Å². The number of nitrogens with one attached hydrogen (secondary N) is 1. The molecule has 1 spiro atoms. The normalized spacial score (nSPS) is 22.4. The van der Waals surface area contributed by atoms with Crippen molar-refractivity contribution in [2.24, 2.45) is 10.4 Å². The Hall–Kier alpha value is -0.710. The zero-order valence-corrected chi connectivity index (χ0v) is 13.8. The van der Waals surface area contributed by atoms with E-state index >= 15 is 0 Å². The van der Waals surface area contributed by atoms with Crippen LogP contribution in [0.2, 0.25) is 0 Å². The predicted octanol–water partition coefficient (Wildman–Crippen LogP) is 2.50. The second-order valence-corrected chi connectivity index (χ2v) is 6.96. The number of amides is 1. The number of hydrogen-bond acceptors (Lipinski definition) is 4. The highest BCUT2D eigenvalue weighted by Gasteiger charge is 2.36. The van der Waals surface area contributed by atoms with E-state index in [2.05, 4.69) is 5.32 Å². The fourth-order valence-electron chi connectivity index (χ4n) is 3.12. The Morgan fingerprint density at radius 1 is 1.40 bits per heavy atom. The Morgan fingerprint density at radius 2 is 2.05 bits per heavy atom. The van der Waals surface area contributed by atoms with Crippen molar-refractivity contribution in [3.8, 4) is 0 Å². The van der Waals surface area contributed by atoms with Crippen LogP contribution in [0.3, 0.4) is 0 Å². The summed E-state index contributed by atoms with van der Waals surface area (Å²) >= 11 is 1.80. The quantitative estimate of drug-likeness (QED) is 0.867. The van der Waals surface area contributed by atoms with Crippen LogP contribution in [0.15, 0.2) is 4.99 Å². The number of likely N-dealkylation sites (N-methyl/N-ethyl adjacent to an activating group) is 1. The Balaban J connectivity index is 1.87. The molecule has 1 fully saturated rings. The molecule has 1 heterocycles. The summed E-state index contributed by atoms with van der Waals surface area (Å²) in [5, 5.41) is 4.25. The highest BCUT2D eigenvalue weighted by Crippen LogP contribution is 2.43. The monoisotopic (exact) mass is 297 g/mol. The number of amidine groups is 1. The van der Waals surface area contributed by atoms with Gasteiger partial charge in [-0.2, -0.15) is 0 Å². The molecule has 1 saturated carbocycles. The second-order valence-electron chi connectivity index (χ2n) is 5.99. The van der Waals surface area contributed by atoms with Crippen LogP contribution < -0.4 is 5.32 Å². The van der Waals surface area contributed by atoms with Crippen LogP contribution in [0, 0.1) is 5.41 Å². The maximum atomic E-state index is 12.2. The summed E-state index contributed by atoms with van der Waals surface area (Å²) in [7, 11) is 0. The van der Waals surface area contributed by atoms with Crippen LogP contribution in [-0.2, 0) is 4.79 Å². The van der Waals surface area contributed by atoms with Gasteiger partial charge in [-0.05, 0) is 39.0 Å². The Kier molecular flexibility index (Phi) is 5.35. The minimum Gasteiger partial charge on any atom is -0.353 e. The smallest absolute Gasteiger partial charge is 0.244 e. The maximum Gasteiger partial charge on any atom is 0.244 e. The highest BCUT2D eigenvalue weighted by molar-refractivity contribution is 8.13. The minimum atomic E-state index is -0.182. The maximum absolute atomic E-state index is 12.2. The molecule has 5 heteroatoms. The van der Waals surface area contributed by atoms with Gasteiger partial charge in [-0.3, -0.25) is 9.79 Å². The fourth-order valence-corrected chi connectivity index (χ4v) is 4.36. The van der Waals surface area contributed by atoms with Crippen molar-refractivity contribution in [1.29, 1.82) is 0 Å². The molecule has 0 aromatic heterocycles. The Labute approximate surface area is 126 Å². The Bertz CT molecular complexity index is 373. The lowest BCUT2D eigenvalue weighted by molar-refractivity contribution is -0.132. The molecule has 1 N–H and O–H groups in total. The second kappa shape index (κ2) is 6.83. The van der Waals surface area contributed by atoms with Crippen molar-refractivity contribution in [1.82, 2.24) is 10.2 Å². The van der Waals surface area contributed by atoms with E-state index in [0.717, 1.165) is 30.6 Å². The van der Waals surface area contributed by atoms with Crippen LogP contribution in [-0.4, -0.2) is 47.4 Å². The minimum absolute atomic E-state index is 0.166. The average molecular weight is 297 g/mol. The zero-order valence-electron chi connectivity index (χ0n) is 12.9. The molecule has 0 saturated heterocycles. The first kappa shape index (κ1) is 15.7. The number of aliphatic imine (C=N–C) groups is 1. The lowest BCUT2D eigenvalue weighted by Crippen LogP contribution is -2.47. The van der Waals surface area contributed by atoms with Gasteiger partial charge in [0.25, 0.3) is 0 Å². The summed E-state index contributed by atoms with van der Waals surface area (Å²) < 4.78 is 0. The van der Waals surface area contributed by atoms with E-state index in [1.165, 1.54) is 25.7 Å². The van der Waals surface area contributed by atoms with Crippen molar-refractivity contribution in [2.75, 3.05) is 25.4 Å². The lowest BCUT2D eigenvalue weighted by Gasteiger charge is -2.32. The molecular formula is C15H27N3OS. The van der Waals surface area contributed by atoms with Crippen molar-refractivity contribution in [2.45, 2.75) is 52.5 Å². The summed E-state index contributed by atoms with van der Waals surface area (Å²) in [4.78, 5) is 18.8. The summed E-state index contributed by atoms with van der Waals surface area (Å²) in [5.41, 5.74) is 0.460. The summed E-state index contributed by atoms with van der Waals surface area (Å²) in [6, 6.07) is -0.182. The van der Waals surface area contributed by atoms with Gasteiger partial charge in [0, 0.05) is 25.4 Å².